The van der Waals surface area contributed by atoms with Gasteiger partial charge in [0.1, 0.15) is 5.75 Å². The summed E-state index contributed by atoms with van der Waals surface area (Å²) in [5, 5.41) is 18.3. The lowest BCUT2D eigenvalue weighted by molar-refractivity contribution is 0.156. The molecule has 0 spiro atoms. The van der Waals surface area contributed by atoms with Crippen LogP contribution >= 0.6 is 0 Å². The summed E-state index contributed by atoms with van der Waals surface area (Å²) in [6, 6.07) is 8.08. The Morgan fingerprint density at radius 2 is 2.28 bits per heavy atom. The molecule has 18 heavy (non-hydrogen) atoms. The molecule has 1 unspecified atom stereocenters. The van der Waals surface area contributed by atoms with E-state index in [9.17, 15) is 5.11 Å². The SMILES string of the molecule is N#CCCCCOc1ccc2c(c1)CCCC2O. The van der Waals surface area contributed by atoms with Crippen LogP contribution in [0.4, 0.5) is 0 Å². The Morgan fingerprint density at radius 1 is 1.39 bits per heavy atom. The number of unbranched alkanes of at least 4 members (excludes halogenated alkanes) is 2. The van der Waals surface area contributed by atoms with E-state index in [2.05, 4.69) is 6.07 Å². The molecule has 1 atom stereocenters. The van der Waals surface area contributed by atoms with Crippen LogP contribution in [0.2, 0.25) is 0 Å². The smallest absolute Gasteiger partial charge is 0.119 e. The van der Waals surface area contributed by atoms with Crippen LogP contribution in [0.1, 0.15) is 49.3 Å². The summed E-state index contributed by atoms with van der Waals surface area (Å²) < 4.78 is 5.66. The molecule has 0 aliphatic heterocycles. The fourth-order valence-corrected chi connectivity index (χ4v) is 2.35. The Labute approximate surface area is 108 Å². The fourth-order valence-electron chi connectivity index (χ4n) is 2.35. The maximum Gasteiger partial charge on any atom is 0.119 e. The normalized spacial score (nSPS) is 17.9. The van der Waals surface area contributed by atoms with Gasteiger partial charge in [-0.1, -0.05) is 6.07 Å². The summed E-state index contributed by atoms with van der Waals surface area (Å²) in [5.41, 5.74) is 2.27. The van der Waals surface area contributed by atoms with E-state index < -0.39 is 0 Å². The first-order valence-corrected chi connectivity index (χ1v) is 6.62. The van der Waals surface area contributed by atoms with Crippen molar-refractivity contribution in [3.8, 4) is 11.8 Å². The van der Waals surface area contributed by atoms with Crippen LogP contribution < -0.4 is 4.74 Å². The van der Waals surface area contributed by atoms with E-state index >= 15 is 0 Å². The van der Waals surface area contributed by atoms with E-state index in [1.165, 1.54) is 5.56 Å². The maximum atomic E-state index is 9.85. The summed E-state index contributed by atoms with van der Waals surface area (Å²) in [4.78, 5) is 0. The van der Waals surface area contributed by atoms with E-state index in [4.69, 9.17) is 10.00 Å². The monoisotopic (exact) mass is 245 g/mol. The van der Waals surface area contributed by atoms with E-state index in [0.29, 0.717) is 13.0 Å². The summed E-state index contributed by atoms with van der Waals surface area (Å²) in [7, 11) is 0. The lowest BCUT2D eigenvalue weighted by atomic mass is 9.89. The van der Waals surface area contributed by atoms with E-state index in [0.717, 1.165) is 43.4 Å². The van der Waals surface area contributed by atoms with Gasteiger partial charge in [-0.2, -0.15) is 5.26 Å². The molecule has 0 bridgehead atoms. The highest BCUT2D eigenvalue weighted by Crippen LogP contribution is 2.31. The molecule has 3 nitrogen and oxygen atoms in total. The number of hydrogen-bond donors (Lipinski definition) is 1. The highest BCUT2D eigenvalue weighted by atomic mass is 16.5. The molecule has 1 aliphatic carbocycles. The van der Waals surface area contributed by atoms with Crippen LogP contribution in [0.25, 0.3) is 0 Å². The first kappa shape index (κ1) is 12.9. The van der Waals surface area contributed by atoms with E-state index in [1.807, 2.05) is 18.2 Å². The van der Waals surface area contributed by atoms with E-state index in [1.54, 1.807) is 0 Å². The highest BCUT2D eigenvalue weighted by molar-refractivity contribution is 5.38. The van der Waals surface area contributed by atoms with Crippen molar-refractivity contribution in [1.82, 2.24) is 0 Å². The minimum Gasteiger partial charge on any atom is -0.494 e. The molecule has 0 saturated carbocycles. The second-order valence-corrected chi connectivity index (χ2v) is 4.73. The molecular formula is C15H19NO2. The van der Waals surface area contributed by atoms with Gasteiger partial charge in [0, 0.05) is 6.42 Å². The van der Waals surface area contributed by atoms with Gasteiger partial charge in [0.25, 0.3) is 0 Å². The van der Waals surface area contributed by atoms with Crippen molar-refractivity contribution in [3.63, 3.8) is 0 Å². The molecular weight excluding hydrogens is 226 g/mol. The quantitative estimate of drug-likeness (QED) is 0.811. The molecule has 0 fully saturated rings. The zero-order valence-corrected chi connectivity index (χ0v) is 10.6. The standard InChI is InChI=1S/C15H19NO2/c16-9-2-1-3-10-18-13-7-8-14-12(11-13)5-4-6-15(14)17/h7-8,11,15,17H,1-6,10H2. The predicted octanol–water partition coefficient (Wildman–Crippen LogP) is 3.13. The van der Waals surface area contributed by atoms with Gasteiger partial charge in [0.2, 0.25) is 0 Å². The molecule has 1 N–H and O–H groups in total. The molecule has 1 aliphatic rings. The largest absolute Gasteiger partial charge is 0.494 e. The average molecular weight is 245 g/mol. The number of benzene rings is 1. The minimum absolute atomic E-state index is 0.307. The number of hydrogen-bond acceptors (Lipinski definition) is 3. The third-order valence-electron chi connectivity index (χ3n) is 3.35. The number of nitrogens with zero attached hydrogens (tertiary/aromatic N) is 1. The fraction of sp³-hybridized carbons (Fsp3) is 0.533. The van der Waals surface area contributed by atoms with Crippen LogP contribution in [0.5, 0.6) is 5.75 Å². The second kappa shape index (κ2) is 6.42. The summed E-state index contributed by atoms with van der Waals surface area (Å²) in [6.45, 7) is 0.656. The van der Waals surface area contributed by atoms with Gasteiger partial charge in [0.05, 0.1) is 18.8 Å². The van der Waals surface area contributed by atoms with Crippen LogP contribution in [0, 0.1) is 11.3 Å². The van der Waals surface area contributed by atoms with Gasteiger partial charge in [-0.25, -0.2) is 0 Å². The topological polar surface area (TPSA) is 53.2 Å². The van der Waals surface area contributed by atoms with Crippen molar-refractivity contribution in [3.05, 3.63) is 29.3 Å². The number of nitriles is 1. The Balaban J connectivity index is 1.89. The zero-order valence-electron chi connectivity index (χ0n) is 10.6. The maximum absolute atomic E-state index is 9.85. The molecule has 0 heterocycles. The number of aliphatic hydroxyl groups is 1. The number of ether oxygens (including phenoxy) is 1. The molecule has 96 valence electrons. The molecule has 0 saturated heterocycles. The number of aryl methyl sites for hydroxylation is 1. The third-order valence-corrected chi connectivity index (χ3v) is 3.35. The van der Waals surface area contributed by atoms with Gasteiger partial charge in [-0.15, -0.1) is 0 Å². The lowest BCUT2D eigenvalue weighted by Gasteiger charge is -2.21. The van der Waals surface area contributed by atoms with Crippen LogP contribution in [0.15, 0.2) is 18.2 Å². The van der Waals surface area contributed by atoms with Crippen molar-refractivity contribution in [2.24, 2.45) is 0 Å². The number of rotatable bonds is 5. The molecule has 2 rings (SSSR count). The van der Waals surface area contributed by atoms with Crippen LogP contribution in [-0.4, -0.2) is 11.7 Å². The molecule has 0 radical (unpaired) electrons. The first-order chi connectivity index (χ1) is 8.81. The van der Waals surface area contributed by atoms with Crippen molar-refractivity contribution >= 4 is 0 Å². The Hall–Kier alpha value is -1.53. The summed E-state index contributed by atoms with van der Waals surface area (Å²) in [5.74, 6) is 0.875. The van der Waals surface area contributed by atoms with Gasteiger partial charge >= 0.3 is 0 Å². The molecule has 3 heteroatoms. The Morgan fingerprint density at radius 3 is 3.11 bits per heavy atom. The van der Waals surface area contributed by atoms with Crippen LogP contribution in [0.3, 0.4) is 0 Å². The molecule has 0 aromatic heterocycles. The Bertz CT molecular complexity index is 437. The van der Waals surface area contributed by atoms with Crippen molar-refractivity contribution in [2.75, 3.05) is 6.61 Å². The van der Waals surface area contributed by atoms with Gasteiger partial charge in [-0.05, 0) is 55.4 Å². The van der Waals surface area contributed by atoms with E-state index in [-0.39, 0.29) is 6.10 Å². The molecule has 0 amide bonds. The van der Waals surface area contributed by atoms with Crippen LogP contribution in [-0.2, 0) is 6.42 Å². The lowest BCUT2D eigenvalue weighted by Crippen LogP contribution is -2.09. The molecule has 1 aromatic rings. The molecule has 1 aromatic carbocycles. The van der Waals surface area contributed by atoms with Crippen molar-refractivity contribution in [1.29, 1.82) is 5.26 Å². The number of fused-ring (bicyclic) bond motifs is 1. The highest BCUT2D eigenvalue weighted by Gasteiger charge is 2.17. The van der Waals surface area contributed by atoms with Crippen molar-refractivity contribution < 1.29 is 9.84 Å². The van der Waals surface area contributed by atoms with Gasteiger partial charge in [-0.3, -0.25) is 0 Å². The van der Waals surface area contributed by atoms with Gasteiger partial charge in [0.15, 0.2) is 0 Å². The van der Waals surface area contributed by atoms with Gasteiger partial charge < -0.3 is 9.84 Å². The third kappa shape index (κ3) is 3.24. The summed E-state index contributed by atoms with van der Waals surface area (Å²) in [6.07, 6.45) is 5.02. The summed E-state index contributed by atoms with van der Waals surface area (Å²) >= 11 is 0. The number of aliphatic hydroxyl groups excluding tert-OH is 1. The Kier molecular flexibility index (Phi) is 4.60. The zero-order chi connectivity index (χ0) is 12.8. The predicted molar refractivity (Wildman–Crippen MR) is 69.3 cm³/mol. The minimum atomic E-state index is -0.307. The van der Waals surface area contributed by atoms with Crippen molar-refractivity contribution in [2.45, 2.75) is 44.6 Å². The first-order valence-electron chi connectivity index (χ1n) is 6.62. The second-order valence-electron chi connectivity index (χ2n) is 4.73. The average Bonchev–Trinajstić information content (AvgIpc) is 2.39.